The number of hydrogen-bond donors (Lipinski definition) is 0. The van der Waals surface area contributed by atoms with Crippen LogP contribution in [0.15, 0.2) is 54.0 Å². The van der Waals surface area contributed by atoms with Gasteiger partial charge in [0, 0.05) is 31.7 Å². The molecular weight excluding hydrogens is 326 g/mol. The van der Waals surface area contributed by atoms with Crippen LogP contribution >= 0.6 is 0 Å². The smallest absolute Gasteiger partial charge is 0.153 e. The molecule has 4 rings (SSSR count). The molecule has 0 aromatic heterocycles. The largest absolute Gasteiger partial charge is 0.497 e. The van der Waals surface area contributed by atoms with Crippen LogP contribution in [0.2, 0.25) is 0 Å². The molecular formula is C21H23N3O2. The lowest BCUT2D eigenvalue weighted by Crippen LogP contribution is -2.47. The maximum absolute atomic E-state index is 6.19. The summed E-state index contributed by atoms with van der Waals surface area (Å²) in [4.78, 5) is 9.69. The van der Waals surface area contributed by atoms with E-state index in [0.717, 1.165) is 60.3 Å². The Morgan fingerprint density at radius 2 is 1.85 bits per heavy atom. The van der Waals surface area contributed by atoms with Crippen molar-refractivity contribution in [3.63, 3.8) is 0 Å². The molecule has 2 aliphatic rings. The van der Waals surface area contributed by atoms with E-state index in [1.165, 1.54) is 0 Å². The summed E-state index contributed by atoms with van der Waals surface area (Å²) in [6.45, 7) is 7.89. The topological polar surface area (TPSA) is 37.3 Å². The van der Waals surface area contributed by atoms with Crippen molar-refractivity contribution in [2.45, 2.75) is 0 Å². The lowest BCUT2D eigenvalue weighted by atomic mass is 10.1. The van der Waals surface area contributed by atoms with Gasteiger partial charge in [0.1, 0.15) is 23.0 Å². The summed E-state index contributed by atoms with van der Waals surface area (Å²) in [5.74, 6) is 3.16. The van der Waals surface area contributed by atoms with E-state index in [4.69, 9.17) is 14.5 Å². The molecule has 0 saturated carbocycles. The van der Waals surface area contributed by atoms with Crippen molar-refractivity contribution in [2.24, 2.45) is 4.99 Å². The molecule has 0 atom stereocenters. The molecule has 2 aromatic carbocycles. The third-order valence-corrected chi connectivity index (χ3v) is 4.90. The van der Waals surface area contributed by atoms with E-state index < -0.39 is 0 Å². The minimum Gasteiger partial charge on any atom is -0.497 e. The van der Waals surface area contributed by atoms with Crippen LogP contribution in [-0.4, -0.2) is 56.0 Å². The summed E-state index contributed by atoms with van der Waals surface area (Å²) in [5, 5.41) is 0. The second kappa shape index (κ2) is 6.84. The van der Waals surface area contributed by atoms with Gasteiger partial charge in [0.15, 0.2) is 5.75 Å². The Morgan fingerprint density at radius 3 is 2.62 bits per heavy atom. The highest BCUT2D eigenvalue weighted by Crippen LogP contribution is 2.39. The first-order valence-electron chi connectivity index (χ1n) is 8.82. The number of amidine groups is 1. The molecule has 1 saturated heterocycles. The number of nitrogens with zero attached hydrogens (tertiary/aromatic N) is 3. The fourth-order valence-corrected chi connectivity index (χ4v) is 3.27. The number of benzene rings is 2. The molecule has 0 aliphatic carbocycles. The molecule has 0 bridgehead atoms. The van der Waals surface area contributed by atoms with Gasteiger partial charge in [0.2, 0.25) is 0 Å². The van der Waals surface area contributed by atoms with Crippen molar-refractivity contribution >= 4 is 17.3 Å². The van der Waals surface area contributed by atoms with Gasteiger partial charge in [-0.2, -0.15) is 0 Å². The average molecular weight is 349 g/mol. The summed E-state index contributed by atoms with van der Waals surface area (Å²) < 4.78 is 11.5. The van der Waals surface area contributed by atoms with Crippen LogP contribution in [0.1, 0.15) is 11.1 Å². The van der Waals surface area contributed by atoms with Crippen LogP contribution in [-0.2, 0) is 4.74 Å². The molecule has 26 heavy (non-hydrogen) atoms. The Bertz CT molecular complexity index is 867. The van der Waals surface area contributed by atoms with Crippen LogP contribution in [0.25, 0.3) is 5.76 Å². The van der Waals surface area contributed by atoms with Gasteiger partial charge in [-0.05, 0) is 37.4 Å². The van der Waals surface area contributed by atoms with Gasteiger partial charge in [0.05, 0.1) is 12.7 Å². The fraction of sp³-hybridized carbons (Fsp3) is 0.286. The zero-order chi connectivity index (χ0) is 18.1. The van der Waals surface area contributed by atoms with Crippen LogP contribution in [0.4, 0.5) is 5.69 Å². The van der Waals surface area contributed by atoms with E-state index >= 15 is 0 Å². The maximum atomic E-state index is 6.19. The maximum Gasteiger partial charge on any atom is 0.153 e. The predicted molar refractivity (Wildman–Crippen MR) is 104 cm³/mol. The summed E-state index contributed by atoms with van der Waals surface area (Å²) in [7, 11) is 3.78. The van der Waals surface area contributed by atoms with Crippen molar-refractivity contribution in [3.05, 3.63) is 60.2 Å². The summed E-state index contributed by atoms with van der Waals surface area (Å²) in [6, 6.07) is 14.0. The number of piperazine rings is 1. The van der Waals surface area contributed by atoms with E-state index in [-0.39, 0.29) is 0 Å². The van der Waals surface area contributed by atoms with Gasteiger partial charge in [-0.3, -0.25) is 0 Å². The predicted octanol–water partition coefficient (Wildman–Crippen LogP) is 3.74. The molecule has 5 nitrogen and oxygen atoms in total. The third kappa shape index (κ3) is 3.06. The zero-order valence-electron chi connectivity index (χ0n) is 15.2. The van der Waals surface area contributed by atoms with Gasteiger partial charge < -0.3 is 19.3 Å². The number of hydrogen-bond acceptors (Lipinski definition) is 5. The van der Waals surface area contributed by atoms with E-state index in [9.17, 15) is 0 Å². The number of ether oxygens (including phenoxy) is 2. The molecule has 2 aromatic rings. The second-order valence-corrected chi connectivity index (χ2v) is 6.63. The first-order valence-corrected chi connectivity index (χ1v) is 8.82. The third-order valence-electron chi connectivity index (χ3n) is 4.90. The number of likely N-dealkylation sites (N-methyl/N-ethyl adjacent to an activating group) is 1. The first-order chi connectivity index (χ1) is 12.7. The minimum atomic E-state index is 0.617. The number of para-hydroxylation sites is 1. The Morgan fingerprint density at radius 1 is 1.08 bits per heavy atom. The normalized spacial score (nSPS) is 16.7. The summed E-state index contributed by atoms with van der Waals surface area (Å²) in [6.07, 6.45) is 0. The van der Waals surface area contributed by atoms with Crippen LogP contribution in [0.3, 0.4) is 0 Å². The van der Waals surface area contributed by atoms with Crippen LogP contribution in [0, 0.1) is 0 Å². The fourth-order valence-electron chi connectivity index (χ4n) is 3.27. The number of aliphatic imine (C=N–C) groups is 1. The first kappa shape index (κ1) is 16.7. The number of fused-ring (bicyclic) bond motifs is 2. The van der Waals surface area contributed by atoms with Crippen LogP contribution < -0.4 is 4.74 Å². The zero-order valence-corrected chi connectivity index (χ0v) is 15.2. The van der Waals surface area contributed by atoms with E-state index in [1.807, 2.05) is 36.4 Å². The second-order valence-electron chi connectivity index (χ2n) is 6.63. The van der Waals surface area contributed by atoms with E-state index in [2.05, 4.69) is 29.5 Å². The van der Waals surface area contributed by atoms with Crippen molar-refractivity contribution in [1.82, 2.24) is 9.80 Å². The molecule has 0 spiro atoms. The number of rotatable bonds is 2. The SMILES string of the molecule is C=C(OC)c1ccc2c(c1)N=C(N1CCN(C)CC1)c1ccccc1O2. The Labute approximate surface area is 154 Å². The highest BCUT2D eigenvalue weighted by molar-refractivity contribution is 6.03. The van der Waals surface area contributed by atoms with Crippen molar-refractivity contribution in [1.29, 1.82) is 0 Å². The van der Waals surface area contributed by atoms with E-state index in [0.29, 0.717) is 5.76 Å². The summed E-state index contributed by atoms with van der Waals surface area (Å²) in [5.41, 5.74) is 2.73. The molecule has 0 radical (unpaired) electrons. The molecule has 0 N–H and O–H groups in total. The highest BCUT2D eigenvalue weighted by atomic mass is 16.5. The molecule has 134 valence electrons. The van der Waals surface area contributed by atoms with Gasteiger partial charge in [0.25, 0.3) is 0 Å². The Hall–Kier alpha value is -2.79. The minimum absolute atomic E-state index is 0.617. The van der Waals surface area contributed by atoms with Crippen molar-refractivity contribution in [2.75, 3.05) is 40.3 Å². The molecule has 2 heterocycles. The highest BCUT2D eigenvalue weighted by Gasteiger charge is 2.25. The van der Waals surface area contributed by atoms with Gasteiger partial charge in [-0.25, -0.2) is 4.99 Å². The monoisotopic (exact) mass is 349 g/mol. The average Bonchev–Trinajstić information content (AvgIpc) is 2.84. The Balaban J connectivity index is 1.81. The molecule has 0 unspecified atom stereocenters. The van der Waals surface area contributed by atoms with Crippen LogP contribution in [0.5, 0.6) is 11.5 Å². The molecule has 0 amide bonds. The molecule has 1 fully saturated rings. The van der Waals surface area contributed by atoms with Crippen molar-refractivity contribution < 1.29 is 9.47 Å². The lowest BCUT2D eigenvalue weighted by Gasteiger charge is -2.34. The summed E-state index contributed by atoms with van der Waals surface area (Å²) >= 11 is 0. The van der Waals surface area contributed by atoms with E-state index in [1.54, 1.807) is 7.11 Å². The molecule has 5 heteroatoms. The molecule has 2 aliphatic heterocycles. The van der Waals surface area contributed by atoms with Gasteiger partial charge >= 0.3 is 0 Å². The van der Waals surface area contributed by atoms with Crippen molar-refractivity contribution in [3.8, 4) is 11.5 Å². The Kier molecular flexibility index (Phi) is 4.39. The van der Waals surface area contributed by atoms with Gasteiger partial charge in [-0.1, -0.05) is 18.7 Å². The standard InChI is InChI=1S/C21H23N3O2/c1-15(25-3)16-8-9-20-18(14-16)22-21(24-12-10-23(2)11-13-24)17-6-4-5-7-19(17)26-20/h4-9,14H,1,10-13H2,2-3H3. The number of methoxy groups -OCH3 is 1. The lowest BCUT2D eigenvalue weighted by molar-refractivity contribution is 0.215. The van der Waals surface area contributed by atoms with Gasteiger partial charge in [-0.15, -0.1) is 0 Å². The quantitative estimate of drug-likeness (QED) is 0.774.